The first-order chi connectivity index (χ1) is 4.48. The lowest BCUT2D eigenvalue weighted by Crippen LogP contribution is -2.36. The molecule has 0 aliphatic carbocycles. The van der Waals surface area contributed by atoms with E-state index in [4.69, 9.17) is 16.6 Å². The Kier molecular flexibility index (Phi) is 2.87. The maximum absolute atomic E-state index is 10.4. The van der Waals surface area contributed by atoms with Gasteiger partial charge in [-0.15, -0.1) is 6.42 Å². The molecule has 0 aliphatic rings. The maximum atomic E-state index is 10.4. The predicted molar refractivity (Wildman–Crippen MR) is 32.6 cm³/mol. The summed E-state index contributed by atoms with van der Waals surface area (Å²) in [4.78, 5) is 10.4. The van der Waals surface area contributed by atoms with E-state index in [0.29, 0.717) is 0 Å². The number of carbonyl (C=O) groups is 1. The van der Waals surface area contributed by atoms with Crippen LogP contribution < -0.4 is 0 Å². The minimum Gasteiger partial charge on any atom is -0.449 e. The number of hydrogen-bond donors (Lipinski definition) is 2. The van der Waals surface area contributed by atoms with Gasteiger partial charge < -0.3 is 14.9 Å². The Morgan fingerprint density at radius 1 is 1.80 bits per heavy atom. The van der Waals surface area contributed by atoms with Gasteiger partial charge in [-0.1, -0.05) is 5.92 Å². The molecule has 0 saturated carbocycles. The molecule has 0 spiro atoms. The number of carbonyl (C=O) groups excluding carboxylic acids is 1. The summed E-state index contributed by atoms with van der Waals surface area (Å²) in [5, 5.41) is 17.1. The molecule has 0 unspecified atom stereocenters. The molecule has 2 N–H and O–H groups in total. The summed E-state index contributed by atoms with van der Waals surface area (Å²) in [5.41, 5.74) is 0. The SMILES string of the molecule is C#CCOC(=O)C(C)(O)O. The topological polar surface area (TPSA) is 66.8 Å². The Labute approximate surface area is 58.4 Å². The molecule has 4 nitrogen and oxygen atoms in total. The summed E-state index contributed by atoms with van der Waals surface area (Å²) in [6.07, 6.45) is 4.73. The van der Waals surface area contributed by atoms with Gasteiger partial charge in [0.25, 0.3) is 5.79 Å². The van der Waals surface area contributed by atoms with Crippen LogP contribution in [-0.4, -0.2) is 28.6 Å². The number of esters is 1. The van der Waals surface area contributed by atoms with Gasteiger partial charge in [-0.2, -0.15) is 0 Å². The summed E-state index contributed by atoms with van der Waals surface area (Å²) < 4.78 is 4.18. The number of rotatable bonds is 2. The summed E-state index contributed by atoms with van der Waals surface area (Å²) in [5.74, 6) is -1.59. The van der Waals surface area contributed by atoms with E-state index < -0.39 is 11.8 Å². The van der Waals surface area contributed by atoms with E-state index in [2.05, 4.69) is 4.74 Å². The Hall–Kier alpha value is -1.05. The monoisotopic (exact) mass is 144 g/mol. The van der Waals surface area contributed by atoms with Crippen LogP contribution in [0.1, 0.15) is 6.92 Å². The molecule has 0 rings (SSSR count). The molecular formula is C6H8O4. The molecule has 0 heterocycles. The zero-order valence-electron chi connectivity index (χ0n) is 5.50. The van der Waals surface area contributed by atoms with Crippen molar-refractivity contribution in [3.63, 3.8) is 0 Å². The van der Waals surface area contributed by atoms with Gasteiger partial charge in [0.1, 0.15) is 0 Å². The Bertz CT molecular complexity index is 160. The molecule has 4 heteroatoms. The Balaban J connectivity index is 3.78. The van der Waals surface area contributed by atoms with Gasteiger partial charge in [0.05, 0.1) is 0 Å². The Morgan fingerprint density at radius 2 is 2.30 bits per heavy atom. The van der Waals surface area contributed by atoms with E-state index in [-0.39, 0.29) is 6.61 Å². The molecule has 0 aliphatic heterocycles. The van der Waals surface area contributed by atoms with Crippen LogP contribution in [0.3, 0.4) is 0 Å². The molecule has 0 aromatic heterocycles. The average Bonchev–Trinajstić information content (AvgIpc) is 1.80. The van der Waals surface area contributed by atoms with Crippen molar-refractivity contribution in [1.29, 1.82) is 0 Å². The lowest BCUT2D eigenvalue weighted by molar-refractivity contribution is -0.201. The number of hydrogen-bond acceptors (Lipinski definition) is 4. The zero-order valence-corrected chi connectivity index (χ0v) is 5.50. The minimum absolute atomic E-state index is 0.254. The fraction of sp³-hybridized carbons (Fsp3) is 0.500. The van der Waals surface area contributed by atoms with Gasteiger partial charge in [-0.05, 0) is 0 Å². The van der Waals surface area contributed by atoms with Gasteiger partial charge in [-0.25, -0.2) is 4.79 Å². The molecule has 56 valence electrons. The predicted octanol–water partition coefficient (Wildman–Crippen LogP) is -1.14. The van der Waals surface area contributed by atoms with Gasteiger partial charge in [0.2, 0.25) is 0 Å². The first-order valence-electron chi connectivity index (χ1n) is 2.54. The second-order valence-electron chi connectivity index (χ2n) is 1.80. The minimum atomic E-state index is -2.45. The third-order valence-corrected chi connectivity index (χ3v) is 0.673. The highest BCUT2D eigenvalue weighted by atomic mass is 16.6. The third kappa shape index (κ3) is 3.07. The molecule has 0 aromatic carbocycles. The fourth-order valence-corrected chi connectivity index (χ4v) is 0.244. The molecule has 0 atom stereocenters. The van der Waals surface area contributed by atoms with Crippen molar-refractivity contribution < 1.29 is 19.7 Å². The summed E-state index contributed by atoms with van der Waals surface area (Å²) in [6.45, 7) is 0.640. The van der Waals surface area contributed by atoms with Gasteiger partial charge in [0.15, 0.2) is 6.61 Å². The van der Waals surface area contributed by atoms with Crippen LogP contribution in [-0.2, 0) is 9.53 Å². The quantitative estimate of drug-likeness (QED) is 0.292. The van der Waals surface area contributed by atoms with Crippen molar-refractivity contribution >= 4 is 5.97 Å². The lowest BCUT2D eigenvalue weighted by Gasteiger charge is -2.12. The highest BCUT2D eigenvalue weighted by molar-refractivity contribution is 5.76. The molecule has 0 bridgehead atoms. The molecular weight excluding hydrogens is 136 g/mol. The molecule has 0 radical (unpaired) electrons. The normalized spacial score (nSPS) is 10.2. The molecule has 10 heavy (non-hydrogen) atoms. The van der Waals surface area contributed by atoms with E-state index in [1.165, 1.54) is 0 Å². The molecule has 0 saturated heterocycles. The second kappa shape index (κ2) is 3.20. The van der Waals surface area contributed by atoms with E-state index >= 15 is 0 Å². The Morgan fingerprint density at radius 3 is 2.60 bits per heavy atom. The van der Waals surface area contributed by atoms with Crippen molar-refractivity contribution in [1.82, 2.24) is 0 Å². The summed E-state index contributed by atoms with van der Waals surface area (Å²) >= 11 is 0. The molecule has 0 amide bonds. The van der Waals surface area contributed by atoms with E-state index in [1.54, 1.807) is 0 Å². The highest BCUT2D eigenvalue weighted by Gasteiger charge is 2.28. The van der Waals surface area contributed by atoms with E-state index in [0.717, 1.165) is 6.92 Å². The lowest BCUT2D eigenvalue weighted by atomic mass is 10.3. The number of aliphatic hydroxyl groups is 2. The van der Waals surface area contributed by atoms with E-state index in [9.17, 15) is 4.79 Å². The fourth-order valence-electron chi connectivity index (χ4n) is 0.244. The first kappa shape index (κ1) is 8.95. The van der Waals surface area contributed by atoms with Crippen LogP contribution in [0, 0.1) is 12.3 Å². The second-order valence-corrected chi connectivity index (χ2v) is 1.80. The van der Waals surface area contributed by atoms with Crippen LogP contribution in [0.4, 0.5) is 0 Å². The standard InChI is InChI=1S/C6H8O4/c1-3-4-10-5(7)6(2,8)9/h1,8-9H,4H2,2H3. The third-order valence-electron chi connectivity index (χ3n) is 0.673. The van der Waals surface area contributed by atoms with Crippen molar-refractivity contribution in [3.05, 3.63) is 0 Å². The largest absolute Gasteiger partial charge is 0.449 e. The zero-order chi connectivity index (χ0) is 8.20. The number of terminal acetylenes is 1. The van der Waals surface area contributed by atoms with Crippen LogP contribution in [0.25, 0.3) is 0 Å². The van der Waals surface area contributed by atoms with Crippen LogP contribution >= 0.6 is 0 Å². The smallest absolute Gasteiger partial charge is 0.367 e. The van der Waals surface area contributed by atoms with E-state index in [1.807, 2.05) is 5.92 Å². The van der Waals surface area contributed by atoms with Crippen molar-refractivity contribution in [3.8, 4) is 12.3 Å². The van der Waals surface area contributed by atoms with Crippen LogP contribution in [0.15, 0.2) is 0 Å². The van der Waals surface area contributed by atoms with Gasteiger partial charge in [-0.3, -0.25) is 0 Å². The van der Waals surface area contributed by atoms with Gasteiger partial charge >= 0.3 is 5.97 Å². The number of ether oxygens (including phenoxy) is 1. The van der Waals surface area contributed by atoms with Crippen molar-refractivity contribution in [2.75, 3.05) is 6.61 Å². The van der Waals surface area contributed by atoms with Crippen molar-refractivity contribution in [2.24, 2.45) is 0 Å². The highest BCUT2D eigenvalue weighted by Crippen LogP contribution is 1.98. The van der Waals surface area contributed by atoms with Gasteiger partial charge in [0, 0.05) is 6.92 Å². The maximum Gasteiger partial charge on any atom is 0.367 e. The van der Waals surface area contributed by atoms with Crippen molar-refractivity contribution in [2.45, 2.75) is 12.7 Å². The van der Waals surface area contributed by atoms with Crippen LogP contribution in [0.5, 0.6) is 0 Å². The van der Waals surface area contributed by atoms with Crippen LogP contribution in [0.2, 0.25) is 0 Å². The summed E-state index contributed by atoms with van der Waals surface area (Å²) in [6, 6.07) is 0. The molecule has 0 aromatic rings. The summed E-state index contributed by atoms with van der Waals surface area (Å²) in [7, 11) is 0. The average molecular weight is 144 g/mol. The first-order valence-corrected chi connectivity index (χ1v) is 2.54. The molecule has 0 fully saturated rings.